The maximum Gasteiger partial charge on any atom is 0.327 e. The molecule has 1 aliphatic rings. The number of hydrazine groups is 1. The lowest BCUT2D eigenvalue weighted by atomic mass is 10.1. The summed E-state index contributed by atoms with van der Waals surface area (Å²) in [4.78, 5) is 34.7. The van der Waals surface area contributed by atoms with E-state index in [0.717, 1.165) is 5.56 Å². The Hall–Kier alpha value is -2.57. The van der Waals surface area contributed by atoms with Gasteiger partial charge in [0.15, 0.2) is 6.10 Å². The van der Waals surface area contributed by atoms with Gasteiger partial charge < -0.3 is 10.1 Å². The fraction of sp³-hybridized carbons (Fsp3) is 0.357. The maximum atomic E-state index is 11.9. The largest absolute Gasteiger partial charge is 0.480 e. The Labute approximate surface area is 122 Å². The van der Waals surface area contributed by atoms with Crippen LogP contribution in [-0.2, 0) is 20.8 Å². The van der Waals surface area contributed by atoms with Crippen molar-refractivity contribution in [1.82, 2.24) is 16.2 Å². The molecule has 7 nitrogen and oxygen atoms in total. The van der Waals surface area contributed by atoms with Gasteiger partial charge in [-0.05, 0) is 25.5 Å². The molecule has 0 fully saturated rings. The van der Waals surface area contributed by atoms with Gasteiger partial charge in [-0.15, -0.1) is 0 Å². The minimum absolute atomic E-state index is 0.161. The molecule has 0 saturated carbocycles. The second kappa shape index (κ2) is 6.25. The molecule has 112 valence electrons. The molecule has 0 unspecified atom stereocenters. The van der Waals surface area contributed by atoms with Crippen LogP contribution in [-0.4, -0.2) is 29.9 Å². The first-order valence-electron chi connectivity index (χ1n) is 6.62. The first kappa shape index (κ1) is 14.8. The Bertz CT molecular complexity index is 546. The van der Waals surface area contributed by atoms with Crippen LogP contribution < -0.4 is 20.9 Å². The lowest BCUT2D eigenvalue weighted by Crippen LogP contribution is -2.52. The molecule has 1 heterocycles. The van der Waals surface area contributed by atoms with Crippen molar-refractivity contribution in [3.63, 3.8) is 0 Å². The molecule has 1 aromatic carbocycles. The maximum absolute atomic E-state index is 11.9. The molecule has 1 atom stereocenters. The van der Waals surface area contributed by atoms with Crippen molar-refractivity contribution in [2.24, 2.45) is 0 Å². The first-order chi connectivity index (χ1) is 9.97. The number of rotatable bonds is 2. The number of amides is 3. The van der Waals surface area contributed by atoms with Crippen molar-refractivity contribution in [3.05, 3.63) is 29.8 Å². The van der Waals surface area contributed by atoms with Crippen molar-refractivity contribution in [2.75, 3.05) is 0 Å². The van der Waals surface area contributed by atoms with Crippen LogP contribution in [0, 0.1) is 0 Å². The van der Waals surface area contributed by atoms with Gasteiger partial charge in [0.05, 0.1) is 0 Å². The predicted octanol–water partition coefficient (Wildman–Crippen LogP) is -0.338. The minimum Gasteiger partial charge on any atom is -0.480 e. The van der Waals surface area contributed by atoms with E-state index in [2.05, 4.69) is 16.2 Å². The molecule has 1 aliphatic heterocycles. The van der Waals surface area contributed by atoms with Gasteiger partial charge in [0, 0.05) is 12.5 Å². The summed E-state index contributed by atoms with van der Waals surface area (Å²) in [5.74, 6) is -1.58. The number of carbonyl (C=O) groups excluding carboxylic acids is 3. The van der Waals surface area contributed by atoms with Crippen LogP contribution in [0.25, 0.3) is 0 Å². The predicted molar refractivity (Wildman–Crippen MR) is 74.1 cm³/mol. The Morgan fingerprint density at radius 2 is 1.86 bits per heavy atom. The number of ether oxygens (including phenoxy) is 1. The fourth-order valence-corrected chi connectivity index (χ4v) is 1.91. The number of hydrogen-bond donors (Lipinski definition) is 3. The zero-order valence-electron chi connectivity index (χ0n) is 11.8. The summed E-state index contributed by atoms with van der Waals surface area (Å²) in [5.41, 5.74) is 5.18. The molecule has 0 aromatic heterocycles. The van der Waals surface area contributed by atoms with Crippen LogP contribution in [0.4, 0.5) is 0 Å². The van der Waals surface area contributed by atoms with Crippen molar-refractivity contribution in [2.45, 2.75) is 32.4 Å². The Balaban J connectivity index is 1.81. The lowest BCUT2D eigenvalue weighted by Gasteiger charge is -2.12. The topological polar surface area (TPSA) is 96.5 Å². The highest BCUT2D eigenvalue weighted by Crippen LogP contribution is 2.27. The second-order valence-electron chi connectivity index (χ2n) is 4.99. The van der Waals surface area contributed by atoms with Crippen molar-refractivity contribution in [3.8, 4) is 5.75 Å². The van der Waals surface area contributed by atoms with E-state index in [-0.39, 0.29) is 6.04 Å². The van der Waals surface area contributed by atoms with E-state index in [0.29, 0.717) is 12.2 Å². The number of nitrogens with one attached hydrogen (secondary N) is 3. The molecular formula is C14H17N3O4. The molecule has 7 heteroatoms. The molecule has 2 rings (SSSR count). The van der Waals surface area contributed by atoms with Crippen molar-refractivity contribution in [1.29, 1.82) is 0 Å². The summed E-state index contributed by atoms with van der Waals surface area (Å²) in [6, 6.07) is 7.17. The van der Waals surface area contributed by atoms with Crippen LogP contribution in [0.2, 0.25) is 0 Å². The van der Waals surface area contributed by atoms with Gasteiger partial charge in [-0.1, -0.05) is 18.2 Å². The van der Waals surface area contributed by atoms with E-state index < -0.39 is 23.8 Å². The summed E-state index contributed by atoms with van der Waals surface area (Å²) < 4.78 is 5.46. The van der Waals surface area contributed by atoms with E-state index >= 15 is 0 Å². The Morgan fingerprint density at radius 1 is 1.14 bits per heavy atom. The molecule has 0 aliphatic carbocycles. The highest BCUT2D eigenvalue weighted by atomic mass is 16.5. The third kappa shape index (κ3) is 3.71. The molecule has 3 N–H and O–H groups in total. The summed E-state index contributed by atoms with van der Waals surface area (Å²) >= 11 is 0. The van der Waals surface area contributed by atoms with Crippen LogP contribution in [0.5, 0.6) is 5.75 Å². The van der Waals surface area contributed by atoms with Gasteiger partial charge in [0.25, 0.3) is 5.91 Å². The lowest BCUT2D eigenvalue weighted by molar-refractivity contribution is -0.141. The molecular weight excluding hydrogens is 274 g/mol. The number of hydrogen-bond acceptors (Lipinski definition) is 4. The summed E-state index contributed by atoms with van der Waals surface area (Å²) in [7, 11) is 0. The van der Waals surface area contributed by atoms with Crippen molar-refractivity contribution < 1.29 is 19.1 Å². The van der Waals surface area contributed by atoms with Gasteiger partial charge >= 0.3 is 11.8 Å². The average molecular weight is 291 g/mol. The van der Waals surface area contributed by atoms with E-state index in [1.54, 1.807) is 19.9 Å². The highest BCUT2D eigenvalue weighted by molar-refractivity contribution is 6.35. The number of fused-ring (bicyclic) bond motifs is 1. The molecule has 21 heavy (non-hydrogen) atoms. The third-order valence-corrected chi connectivity index (χ3v) is 2.86. The molecule has 0 radical (unpaired) electrons. The average Bonchev–Trinajstić information content (AvgIpc) is 2.87. The normalized spacial score (nSPS) is 15.9. The van der Waals surface area contributed by atoms with Gasteiger partial charge in [-0.2, -0.15) is 0 Å². The van der Waals surface area contributed by atoms with Crippen molar-refractivity contribution >= 4 is 17.7 Å². The third-order valence-electron chi connectivity index (χ3n) is 2.86. The SMILES string of the molecule is CC(C)NC(=O)C(=O)NNC(=O)[C@H]1Cc2ccccc2O1. The fourth-order valence-electron chi connectivity index (χ4n) is 1.91. The zero-order chi connectivity index (χ0) is 15.4. The van der Waals surface area contributed by atoms with Crippen LogP contribution in [0.3, 0.4) is 0 Å². The quantitative estimate of drug-likeness (QED) is 0.513. The standard InChI is InChI=1S/C14H17N3O4/c1-8(2)15-13(19)14(20)17-16-12(18)11-7-9-5-3-4-6-10(9)21-11/h3-6,8,11H,7H2,1-2H3,(H,15,19)(H,16,18)(H,17,20)/t11-/m1/s1. The van der Waals surface area contributed by atoms with E-state index in [1.807, 2.05) is 18.2 Å². The molecule has 0 bridgehead atoms. The van der Waals surface area contributed by atoms with E-state index in [1.165, 1.54) is 0 Å². The monoisotopic (exact) mass is 291 g/mol. The highest BCUT2D eigenvalue weighted by Gasteiger charge is 2.29. The molecule has 0 saturated heterocycles. The van der Waals surface area contributed by atoms with E-state index in [9.17, 15) is 14.4 Å². The Kier molecular flexibility index (Phi) is 4.42. The van der Waals surface area contributed by atoms with Crippen LogP contribution >= 0.6 is 0 Å². The Morgan fingerprint density at radius 3 is 2.52 bits per heavy atom. The van der Waals surface area contributed by atoms with Gasteiger partial charge in [0.2, 0.25) is 0 Å². The minimum atomic E-state index is -0.924. The number of benzene rings is 1. The van der Waals surface area contributed by atoms with Crippen LogP contribution in [0.15, 0.2) is 24.3 Å². The first-order valence-corrected chi connectivity index (χ1v) is 6.62. The second-order valence-corrected chi connectivity index (χ2v) is 4.99. The summed E-state index contributed by atoms with van der Waals surface area (Å²) in [6.07, 6.45) is -0.286. The molecule has 1 aromatic rings. The summed E-state index contributed by atoms with van der Waals surface area (Å²) in [5, 5.41) is 2.42. The molecule has 3 amide bonds. The van der Waals surface area contributed by atoms with Gasteiger partial charge in [0.1, 0.15) is 5.75 Å². The van der Waals surface area contributed by atoms with Gasteiger partial charge in [-0.25, -0.2) is 0 Å². The smallest absolute Gasteiger partial charge is 0.327 e. The van der Waals surface area contributed by atoms with E-state index in [4.69, 9.17) is 4.74 Å². The number of carbonyl (C=O) groups is 3. The van der Waals surface area contributed by atoms with Crippen LogP contribution in [0.1, 0.15) is 19.4 Å². The summed E-state index contributed by atoms with van der Waals surface area (Å²) in [6.45, 7) is 3.46. The number of para-hydroxylation sites is 1. The van der Waals surface area contributed by atoms with Gasteiger partial charge in [-0.3, -0.25) is 25.2 Å². The molecule has 0 spiro atoms. The zero-order valence-corrected chi connectivity index (χ0v) is 11.8.